The summed E-state index contributed by atoms with van der Waals surface area (Å²) in [6.45, 7) is 4.34. The number of rotatable bonds is 4. The fourth-order valence-electron chi connectivity index (χ4n) is 0.830. The number of allylic oxidation sites excluding steroid dienone is 1. The third-order valence-electron chi connectivity index (χ3n) is 1.73. The van der Waals surface area contributed by atoms with Crippen molar-refractivity contribution < 1.29 is 9.53 Å². The van der Waals surface area contributed by atoms with E-state index in [-0.39, 0.29) is 11.9 Å². The van der Waals surface area contributed by atoms with Gasteiger partial charge in [-0.2, -0.15) is 0 Å². The Balaban J connectivity index is 3.99. The maximum atomic E-state index is 11.2. The Bertz CT molecular complexity index is 166. The Morgan fingerprint density at radius 1 is 1.67 bits per heavy atom. The average molecular weight is 171 g/mol. The number of likely N-dealkylation sites (N-methyl/N-ethyl adjacent to an activating group) is 1. The van der Waals surface area contributed by atoms with E-state index in [1.54, 1.807) is 31.2 Å². The molecule has 0 fully saturated rings. The van der Waals surface area contributed by atoms with Gasteiger partial charge in [0, 0.05) is 14.2 Å². The molecule has 3 nitrogen and oxygen atoms in total. The molecule has 0 aliphatic carbocycles. The summed E-state index contributed by atoms with van der Waals surface area (Å²) in [5.74, 6) is 0.0158. The van der Waals surface area contributed by atoms with Gasteiger partial charge in [0.2, 0.25) is 5.91 Å². The molecule has 0 bridgehead atoms. The summed E-state index contributed by atoms with van der Waals surface area (Å²) >= 11 is 0. The van der Waals surface area contributed by atoms with E-state index in [1.165, 1.54) is 0 Å². The van der Waals surface area contributed by atoms with Crippen LogP contribution in [0, 0.1) is 0 Å². The molecule has 0 saturated heterocycles. The van der Waals surface area contributed by atoms with Gasteiger partial charge in [-0.3, -0.25) is 4.79 Å². The number of ether oxygens (including phenoxy) is 1. The van der Waals surface area contributed by atoms with Crippen LogP contribution in [0.15, 0.2) is 12.2 Å². The van der Waals surface area contributed by atoms with E-state index < -0.39 is 0 Å². The van der Waals surface area contributed by atoms with Crippen LogP contribution < -0.4 is 0 Å². The van der Waals surface area contributed by atoms with Gasteiger partial charge < -0.3 is 9.64 Å². The highest BCUT2D eigenvalue weighted by Gasteiger charge is 2.11. The predicted octanol–water partition coefficient (Wildman–Crippen LogP) is 1.06. The maximum Gasteiger partial charge on any atom is 0.246 e. The molecule has 0 heterocycles. The van der Waals surface area contributed by atoms with Crippen molar-refractivity contribution >= 4 is 5.91 Å². The lowest BCUT2D eigenvalue weighted by Crippen LogP contribution is -2.36. The molecule has 0 aliphatic rings. The van der Waals surface area contributed by atoms with Gasteiger partial charge in [0.15, 0.2) is 0 Å². The SMILES string of the molecule is CC=CC(=O)N(C)C(C)COC. The third kappa shape index (κ3) is 3.53. The monoisotopic (exact) mass is 171 g/mol. The third-order valence-corrected chi connectivity index (χ3v) is 1.73. The fourth-order valence-corrected chi connectivity index (χ4v) is 0.830. The Hall–Kier alpha value is -0.830. The Morgan fingerprint density at radius 3 is 2.67 bits per heavy atom. The van der Waals surface area contributed by atoms with Crippen molar-refractivity contribution in [3.05, 3.63) is 12.2 Å². The molecule has 1 atom stereocenters. The largest absolute Gasteiger partial charge is 0.383 e. The summed E-state index contributed by atoms with van der Waals surface area (Å²) in [6.07, 6.45) is 3.28. The molecule has 0 aromatic heterocycles. The molecule has 1 unspecified atom stereocenters. The van der Waals surface area contributed by atoms with Crippen molar-refractivity contribution in [2.45, 2.75) is 19.9 Å². The number of amides is 1. The van der Waals surface area contributed by atoms with Gasteiger partial charge in [0.05, 0.1) is 12.6 Å². The van der Waals surface area contributed by atoms with Crippen LogP contribution in [0.4, 0.5) is 0 Å². The molecule has 0 aromatic rings. The van der Waals surface area contributed by atoms with E-state index >= 15 is 0 Å². The standard InChI is InChI=1S/C9H17NO2/c1-5-6-9(11)10(3)8(2)7-12-4/h5-6,8H,7H2,1-4H3. The lowest BCUT2D eigenvalue weighted by atomic mass is 10.3. The second-order valence-corrected chi connectivity index (χ2v) is 2.75. The molecular weight excluding hydrogens is 154 g/mol. The minimum atomic E-state index is 0.0158. The first-order valence-electron chi connectivity index (χ1n) is 4.02. The molecule has 0 N–H and O–H groups in total. The Labute approximate surface area is 74.0 Å². The first kappa shape index (κ1) is 11.2. The van der Waals surface area contributed by atoms with Crippen LogP contribution in [0.25, 0.3) is 0 Å². The number of carbonyl (C=O) groups excluding carboxylic acids is 1. The smallest absolute Gasteiger partial charge is 0.246 e. The fraction of sp³-hybridized carbons (Fsp3) is 0.667. The average Bonchev–Trinajstić information content (AvgIpc) is 2.04. The van der Waals surface area contributed by atoms with Crippen LogP contribution >= 0.6 is 0 Å². The van der Waals surface area contributed by atoms with Crippen molar-refractivity contribution in [2.75, 3.05) is 20.8 Å². The first-order valence-corrected chi connectivity index (χ1v) is 4.02. The highest BCUT2D eigenvalue weighted by Crippen LogP contribution is 1.97. The van der Waals surface area contributed by atoms with Crippen LogP contribution in [0.5, 0.6) is 0 Å². The second kappa shape index (κ2) is 5.77. The lowest BCUT2D eigenvalue weighted by molar-refractivity contribution is -0.127. The topological polar surface area (TPSA) is 29.5 Å². The maximum absolute atomic E-state index is 11.2. The summed E-state index contributed by atoms with van der Waals surface area (Å²) < 4.78 is 4.94. The summed E-state index contributed by atoms with van der Waals surface area (Å²) in [4.78, 5) is 12.9. The van der Waals surface area contributed by atoms with E-state index in [0.29, 0.717) is 6.61 Å². The van der Waals surface area contributed by atoms with Gasteiger partial charge >= 0.3 is 0 Å². The van der Waals surface area contributed by atoms with Crippen LogP contribution in [0.2, 0.25) is 0 Å². The van der Waals surface area contributed by atoms with Gasteiger partial charge in [0.1, 0.15) is 0 Å². The number of carbonyl (C=O) groups is 1. The van der Waals surface area contributed by atoms with Crippen molar-refractivity contribution in [3.63, 3.8) is 0 Å². The predicted molar refractivity (Wildman–Crippen MR) is 48.9 cm³/mol. The highest BCUT2D eigenvalue weighted by atomic mass is 16.5. The van der Waals surface area contributed by atoms with Gasteiger partial charge in [0.25, 0.3) is 0 Å². The second-order valence-electron chi connectivity index (χ2n) is 2.75. The summed E-state index contributed by atoms with van der Waals surface area (Å²) in [5, 5.41) is 0. The van der Waals surface area contributed by atoms with E-state index in [0.717, 1.165) is 0 Å². The normalized spacial score (nSPS) is 13.3. The highest BCUT2D eigenvalue weighted by molar-refractivity contribution is 5.87. The van der Waals surface area contributed by atoms with Crippen LogP contribution in [0.1, 0.15) is 13.8 Å². The van der Waals surface area contributed by atoms with Crippen LogP contribution in [0.3, 0.4) is 0 Å². The quantitative estimate of drug-likeness (QED) is 0.592. The van der Waals surface area contributed by atoms with Gasteiger partial charge in [-0.25, -0.2) is 0 Å². The summed E-state index contributed by atoms with van der Waals surface area (Å²) in [5.41, 5.74) is 0. The minimum Gasteiger partial charge on any atom is -0.383 e. The molecule has 0 radical (unpaired) electrons. The van der Waals surface area contributed by atoms with E-state index in [4.69, 9.17) is 4.74 Å². The van der Waals surface area contributed by atoms with Crippen molar-refractivity contribution in [1.82, 2.24) is 4.90 Å². The molecule has 0 aromatic carbocycles. The van der Waals surface area contributed by atoms with E-state index in [2.05, 4.69) is 0 Å². The van der Waals surface area contributed by atoms with Crippen LogP contribution in [-0.2, 0) is 9.53 Å². The zero-order chi connectivity index (χ0) is 9.56. The molecule has 0 spiro atoms. The lowest BCUT2D eigenvalue weighted by Gasteiger charge is -2.22. The summed E-state index contributed by atoms with van der Waals surface area (Å²) in [6, 6.07) is 0.124. The van der Waals surface area contributed by atoms with Crippen LogP contribution in [-0.4, -0.2) is 37.6 Å². The van der Waals surface area contributed by atoms with Gasteiger partial charge in [-0.15, -0.1) is 0 Å². The number of methoxy groups -OCH3 is 1. The number of hydrogen-bond donors (Lipinski definition) is 0. The van der Waals surface area contributed by atoms with Gasteiger partial charge in [-0.1, -0.05) is 6.08 Å². The van der Waals surface area contributed by atoms with E-state index in [1.807, 2.05) is 13.8 Å². The first-order chi connectivity index (χ1) is 5.63. The van der Waals surface area contributed by atoms with Gasteiger partial charge in [-0.05, 0) is 19.9 Å². The zero-order valence-electron chi connectivity index (χ0n) is 8.20. The number of nitrogens with zero attached hydrogens (tertiary/aromatic N) is 1. The molecule has 0 saturated carbocycles. The Kier molecular flexibility index (Phi) is 5.37. The minimum absolute atomic E-state index is 0.0158. The molecule has 12 heavy (non-hydrogen) atoms. The van der Waals surface area contributed by atoms with Crippen molar-refractivity contribution in [2.24, 2.45) is 0 Å². The number of hydrogen-bond acceptors (Lipinski definition) is 2. The van der Waals surface area contributed by atoms with Crippen molar-refractivity contribution in [3.8, 4) is 0 Å². The molecular formula is C9H17NO2. The molecule has 1 amide bonds. The van der Waals surface area contributed by atoms with E-state index in [9.17, 15) is 4.79 Å². The molecule has 0 aliphatic heterocycles. The molecule has 70 valence electrons. The molecule has 0 rings (SSSR count). The van der Waals surface area contributed by atoms with Crippen molar-refractivity contribution in [1.29, 1.82) is 0 Å². The zero-order valence-corrected chi connectivity index (χ0v) is 8.20. The Morgan fingerprint density at radius 2 is 2.25 bits per heavy atom. The molecule has 3 heteroatoms. The summed E-state index contributed by atoms with van der Waals surface area (Å²) in [7, 11) is 3.40.